The van der Waals surface area contributed by atoms with Crippen molar-refractivity contribution in [3.63, 3.8) is 0 Å². The fraction of sp³-hybridized carbons (Fsp3) is 0.500. The molecule has 0 aromatic rings. The zero-order chi connectivity index (χ0) is 8.27. The first-order chi connectivity index (χ1) is 5.24. The van der Waals surface area contributed by atoms with Crippen LogP contribution in [0.5, 0.6) is 0 Å². The lowest BCUT2D eigenvalue weighted by Gasteiger charge is -2.05. The average Bonchev–Trinajstić information content (AvgIpc) is 2.36. The van der Waals surface area contributed by atoms with Crippen molar-refractivity contribution in [1.29, 1.82) is 0 Å². The molecule has 0 atom stereocenters. The zero-order valence-corrected chi connectivity index (χ0v) is 7.53. The highest BCUT2D eigenvalue weighted by atomic mass is 32.2. The fourth-order valence-corrected chi connectivity index (χ4v) is 1.73. The number of esters is 1. The Kier molecular flexibility index (Phi) is 3.00. The molecule has 1 aliphatic heterocycles. The molecular formula is C8H11O2S. The maximum absolute atomic E-state index is 11.1. The van der Waals surface area contributed by atoms with Crippen LogP contribution in [0.1, 0.15) is 20.3 Å². The van der Waals surface area contributed by atoms with Gasteiger partial charge in [-0.2, -0.15) is 0 Å². The van der Waals surface area contributed by atoms with Crippen molar-refractivity contribution in [3.8, 4) is 0 Å². The number of ether oxygens (including phenoxy) is 1. The molecule has 61 valence electrons. The Morgan fingerprint density at radius 2 is 2.55 bits per heavy atom. The Balaban J connectivity index is 2.34. The number of thioether (sulfide) groups is 1. The van der Waals surface area contributed by atoms with E-state index in [0.29, 0.717) is 6.61 Å². The van der Waals surface area contributed by atoms with E-state index < -0.39 is 0 Å². The van der Waals surface area contributed by atoms with Crippen molar-refractivity contribution in [2.45, 2.75) is 20.3 Å². The summed E-state index contributed by atoms with van der Waals surface area (Å²) >= 11 is 1.48. The Morgan fingerprint density at radius 1 is 1.82 bits per heavy atom. The third-order valence-corrected chi connectivity index (χ3v) is 2.46. The predicted molar refractivity (Wildman–Crippen MR) is 45.8 cm³/mol. The number of rotatable bonds is 2. The number of allylic oxidation sites excluding steroid dienone is 1. The van der Waals surface area contributed by atoms with Crippen LogP contribution >= 0.6 is 11.8 Å². The van der Waals surface area contributed by atoms with Gasteiger partial charge in [-0.1, -0.05) is 5.57 Å². The van der Waals surface area contributed by atoms with Crippen LogP contribution in [0.3, 0.4) is 0 Å². The van der Waals surface area contributed by atoms with Gasteiger partial charge in [0.1, 0.15) is 5.25 Å². The predicted octanol–water partition coefficient (Wildman–Crippen LogP) is 2.12. The third-order valence-electron chi connectivity index (χ3n) is 1.34. The minimum atomic E-state index is -0.161. The Hall–Kier alpha value is -0.440. The van der Waals surface area contributed by atoms with E-state index in [2.05, 4.69) is 0 Å². The van der Waals surface area contributed by atoms with E-state index in [0.717, 1.165) is 11.7 Å². The summed E-state index contributed by atoms with van der Waals surface area (Å²) < 4.78 is 4.84. The molecule has 0 aromatic heterocycles. The summed E-state index contributed by atoms with van der Waals surface area (Å²) in [6.45, 7) is 4.29. The van der Waals surface area contributed by atoms with Crippen molar-refractivity contribution in [2.24, 2.45) is 0 Å². The van der Waals surface area contributed by atoms with Crippen molar-refractivity contribution in [1.82, 2.24) is 0 Å². The normalized spacial score (nSPS) is 18.2. The maximum Gasteiger partial charge on any atom is 0.324 e. The molecule has 1 aliphatic rings. The van der Waals surface area contributed by atoms with Crippen LogP contribution in [0.4, 0.5) is 0 Å². The molecule has 0 fully saturated rings. The van der Waals surface area contributed by atoms with Gasteiger partial charge in [0.15, 0.2) is 0 Å². The number of carbonyl (C=O) groups excluding carboxylic acids is 1. The molecule has 0 saturated heterocycles. The second kappa shape index (κ2) is 3.81. The van der Waals surface area contributed by atoms with Crippen LogP contribution in [0.2, 0.25) is 0 Å². The lowest BCUT2D eigenvalue weighted by Crippen LogP contribution is -2.10. The summed E-state index contributed by atoms with van der Waals surface area (Å²) in [6.07, 6.45) is 0.767. The molecule has 0 bridgehead atoms. The maximum atomic E-state index is 11.1. The van der Waals surface area contributed by atoms with Crippen LogP contribution in [-0.2, 0) is 9.53 Å². The summed E-state index contributed by atoms with van der Waals surface area (Å²) in [5, 5.41) is 2.80. The molecule has 1 radical (unpaired) electrons. The van der Waals surface area contributed by atoms with E-state index in [1.165, 1.54) is 17.3 Å². The van der Waals surface area contributed by atoms with Gasteiger partial charge in [0.2, 0.25) is 0 Å². The largest absolute Gasteiger partial charge is 0.465 e. The summed E-state index contributed by atoms with van der Waals surface area (Å²) in [5.74, 6) is -0.161. The Labute approximate surface area is 71.0 Å². The monoisotopic (exact) mass is 171 g/mol. The fourth-order valence-electron chi connectivity index (χ4n) is 0.840. The summed E-state index contributed by atoms with van der Waals surface area (Å²) in [7, 11) is 0. The molecule has 2 nitrogen and oxygen atoms in total. The van der Waals surface area contributed by atoms with Gasteiger partial charge in [0.05, 0.1) is 6.61 Å². The topological polar surface area (TPSA) is 26.3 Å². The van der Waals surface area contributed by atoms with Crippen LogP contribution in [-0.4, -0.2) is 12.6 Å². The van der Waals surface area contributed by atoms with Crippen molar-refractivity contribution in [3.05, 3.63) is 16.2 Å². The third kappa shape index (κ3) is 2.26. The van der Waals surface area contributed by atoms with Gasteiger partial charge in [-0.3, -0.25) is 4.79 Å². The first-order valence-corrected chi connectivity index (χ1v) is 4.47. The lowest BCUT2D eigenvalue weighted by molar-refractivity contribution is -0.139. The van der Waals surface area contributed by atoms with Gasteiger partial charge in [-0.25, -0.2) is 0 Å². The van der Waals surface area contributed by atoms with E-state index in [-0.39, 0.29) is 5.97 Å². The van der Waals surface area contributed by atoms with Gasteiger partial charge in [0.25, 0.3) is 0 Å². The second-order valence-electron chi connectivity index (χ2n) is 2.40. The average molecular weight is 171 g/mol. The minimum Gasteiger partial charge on any atom is -0.465 e. The van der Waals surface area contributed by atoms with Gasteiger partial charge in [0, 0.05) is 0 Å². The SMILES string of the molecule is CCOC(=O)[C]1CC(C)=CS1. The zero-order valence-electron chi connectivity index (χ0n) is 6.72. The quantitative estimate of drug-likeness (QED) is 0.595. The molecule has 0 aromatic carbocycles. The molecule has 1 heterocycles. The van der Waals surface area contributed by atoms with E-state index >= 15 is 0 Å². The lowest BCUT2D eigenvalue weighted by atomic mass is 10.2. The standard InChI is InChI=1S/C8H11O2S/c1-3-10-8(9)7-4-6(2)5-11-7/h5H,3-4H2,1-2H3. The van der Waals surface area contributed by atoms with Gasteiger partial charge >= 0.3 is 5.97 Å². The second-order valence-corrected chi connectivity index (χ2v) is 3.37. The smallest absolute Gasteiger partial charge is 0.324 e. The Bertz CT molecular complexity index is 187. The Morgan fingerprint density at radius 3 is 3.00 bits per heavy atom. The van der Waals surface area contributed by atoms with E-state index in [4.69, 9.17) is 4.74 Å². The molecule has 0 N–H and O–H groups in total. The molecule has 3 heteroatoms. The van der Waals surface area contributed by atoms with Crippen molar-refractivity contribution >= 4 is 17.7 Å². The van der Waals surface area contributed by atoms with E-state index in [1.807, 2.05) is 19.3 Å². The number of carbonyl (C=O) groups is 1. The number of hydrogen-bond donors (Lipinski definition) is 0. The molecule has 0 spiro atoms. The first kappa shape index (κ1) is 8.65. The summed E-state index contributed by atoms with van der Waals surface area (Å²) in [4.78, 5) is 11.1. The molecule has 0 amide bonds. The minimum absolute atomic E-state index is 0.161. The van der Waals surface area contributed by atoms with Crippen molar-refractivity contribution < 1.29 is 9.53 Å². The molecular weight excluding hydrogens is 160 g/mol. The highest BCUT2D eigenvalue weighted by Gasteiger charge is 2.25. The summed E-state index contributed by atoms with van der Waals surface area (Å²) in [6, 6.07) is 0. The molecule has 1 rings (SSSR count). The van der Waals surface area contributed by atoms with Gasteiger partial charge < -0.3 is 4.74 Å². The van der Waals surface area contributed by atoms with E-state index in [9.17, 15) is 4.79 Å². The molecule has 11 heavy (non-hydrogen) atoms. The highest BCUT2D eigenvalue weighted by molar-refractivity contribution is 8.06. The molecule has 0 unspecified atom stereocenters. The van der Waals surface area contributed by atoms with Crippen molar-refractivity contribution in [2.75, 3.05) is 6.61 Å². The van der Waals surface area contributed by atoms with Crippen LogP contribution in [0, 0.1) is 5.25 Å². The van der Waals surface area contributed by atoms with Crippen LogP contribution in [0.15, 0.2) is 11.0 Å². The molecule has 0 saturated carbocycles. The van der Waals surface area contributed by atoms with Gasteiger partial charge in [-0.05, 0) is 25.7 Å². The van der Waals surface area contributed by atoms with Crippen LogP contribution < -0.4 is 0 Å². The first-order valence-electron chi connectivity index (χ1n) is 3.59. The van der Waals surface area contributed by atoms with E-state index in [1.54, 1.807) is 0 Å². The molecule has 0 aliphatic carbocycles. The van der Waals surface area contributed by atoms with Gasteiger partial charge in [-0.15, -0.1) is 11.8 Å². The number of hydrogen-bond acceptors (Lipinski definition) is 3. The highest BCUT2D eigenvalue weighted by Crippen LogP contribution is 2.36. The van der Waals surface area contributed by atoms with Crippen LogP contribution in [0.25, 0.3) is 0 Å². The summed E-state index contributed by atoms with van der Waals surface area (Å²) in [5.41, 5.74) is 1.23.